The number of carbonyl (C=O) groups is 1. The molecule has 0 heterocycles. The fraction of sp³-hybridized carbons (Fsp3) is 0. The van der Waals surface area contributed by atoms with Gasteiger partial charge in [0.05, 0.1) is 0 Å². The maximum absolute atomic E-state index is 12.1. The summed E-state index contributed by atoms with van der Waals surface area (Å²) in [5.41, 5.74) is 1.48. The minimum absolute atomic E-state index is 0.122. The van der Waals surface area contributed by atoms with Crippen molar-refractivity contribution in [2.45, 2.75) is 0 Å². The van der Waals surface area contributed by atoms with E-state index in [1.807, 2.05) is 6.07 Å². The lowest BCUT2D eigenvalue weighted by Crippen LogP contribution is -2.05. The molecule has 92 valence electrons. The Morgan fingerprint density at radius 2 is 1.67 bits per heavy atom. The number of anilines is 1. The molecule has 0 amide bonds. The lowest BCUT2D eigenvalue weighted by molar-refractivity contribution is 0.103. The van der Waals surface area contributed by atoms with Gasteiger partial charge in [0.25, 0.3) is 11.3 Å². The zero-order valence-corrected chi connectivity index (χ0v) is 10.2. The van der Waals surface area contributed by atoms with Gasteiger partial charge in [-0.1, -0.05) is 42.5 Å². The van der Waals surface area contributed by atoms with Crippen molar-refractivity contribution < 1.29 is 13.6 Å². The molecule has 18 heavy (non-hydrogen) atoms. The van der Waals surface area contributed by atoms with Gasteiger partial charge in [0.1, 0.15) is 0 Å². The summed E-state index contributed by atoms with van der Waals surface area (Å²) in [5.74, 6) is -0.122. The van der Waals surface area contributed by atoms with E-state index in [4.69, 9.17) is 4.55 Å². The molecule has 0 aliphatic heterocycles. The first-order chi connectivity index (χ1) is 8.66. The van der Waals surface area contributed by atoms with E-state index in [0.717, 1.165) is 0 Å². The molecule has 0 fully saturated rings. The standard InChI is InChI=1S/C13H11NO3S/c15-13(10-5-2-1-3-6-10)11-7-4-8-12(9-11)14-18(16)17/h1-9,14H,(H,16,17). The van der Waals surface area contributed by atoms with E-state index >= 15 is 0 Å². The highest BCUT2D eigenvalue weighted by atomic mass is 32.2. The Balaban J connectivity index is 2.29. The number of hydrogen-bond donors (Lipinski definition) is 2. The van der Waals surface area contributed by atoms with Crippen LogP contribution in [0.5, 0.6) is 0 Å². The topological polar surface area (TPSA) is 66.4 Å². The van der Waals surface area contributed by atoms with Crippen LogP contribution in [0.1, 0.15) is 15.9 Å². The molecule has 2 aromatic rings. The first-order valence-corrected chi connectivity index (χ1v) is 6.35. The number of rotatable bonds is 4. The number of nitrogens with one attached hydrogen (secondary N) is 1. The van der Waals surface area contributed by atoms with Crippen molar-refractivity contribution in [3.05, 3.63) is 65.7 Å². The van der Waals surface area contributed by atoms with Crippen molar-refractivity contribution in [2.75, 3.05) is 4.72 Å². The molecule has 2 rings (SSSR count). The van der Waals surface area contributed by atoms with Crippen LogP contribution in [0.4, 0.5) is 5.69 Å². The molecule has 0 aliphatic carbocycles. The van der Waals surface area contributed by atoms with E-state index in [0.29, 0.717) is 16.8 Å². The van der Waals surface area contributed by atoms with E-state index < -0.39 is 11.3 Å². The van der Waals surface area contributed by atoms with Gasteiger partial charge in [0.15, 0.2) is 5.78 Å². The Hall–Kier alpha value is -1.98. The fourth-order valence-corrected chi connectivity index (χ4v) is 1.91. The third-order valence-electron chi connectivity index (χ3n) is 2.37. The second-order valence-corrected chi connectivity index (χ2v) is 4.33. The van der Waals surface area contributed by atoms with Gasteiger partial charge in [-0.05, 0) is 12.1 Å². The van der Waals surface area contributed by atoms with Crippen LogP contribution in [0.2, 0.25) is 0 Å². The number of carbonyl (C=O) groups excluding carboxylic acids is 1. The van der Waals surface area contributed by atoms with Gasteiger partial charge in [-0.15, -0.1) is 0 Å². The minimum Gasteiger partial charge on any atom is -0.289 e. The highest BCUT2D eigenvalue weighted by molar-refractivity contribution is 7.80. The van der Waals surface area contributed by atoms with Crippen LogP contribution in [0, 0.1) is 0 Å². The molecule has 4 nitrogen and oxygen atoms in total. The summed E-state index contributed by atoms with van der Waals surface area (Å²) < 4.78 is 21.7. The Morgan fingerprint density at radius 3 is 2.33 bits per heavy atom. The molecule has 5 heteroatoms. The normalized spacial score (nSPS) is 11.8. The predicted molar refractivity (Wildman–Crippen MR) is 70.7 cm³/mol. The summed E-state index contributed by atoms with van der Waals surface area (Å²) in [6.07, 6.45) is 0. The SMILES string of the molecule is O=C(c1ccccc1)c1cccc(NS(=O)O)c1. The highest BCUT2D eigenvalue weighted by Crippen LogP contribution is 2.15. The van der Waals surface area contributed by atoms with Crippen molar-refractivity contribution >= 4 is 22.7 Å². The molecule has 0 aromatic heterocycles. The van der Waals surface area contributed by atoms with Crippen molar-refractivity contribution in [1.29, 1.82) is 0 Å². The number of hydrogen-bond acceptors (Lipinski definition) is 2. The second-order valence-electron chi connectivity index (χ2n) is 3.63. The average Bonchev–Trinajstić information content (AvgIpc) is 2.38. The zero-order chi connectivity index (χ0) is 13.0. The third-order valence-corrected chi connectivity index (χ3v) is 2.78. The molecule has 0 bridgehead atoms. The molecule has 0 saturated carbocycles. The molecule has 2 aromatic carbocycles. The van der Waals surface area contributed by atoms with E-state index in [2.05, 4.69) is 4.72 Å². The van der Waals surface area contributed by atoms with Crippen LogP contribution in [-0.4, -0.2) is 14.5 Å². The van der Waals surface area contributed by atoms with Gasteiger partial charge in [-0.25, -0.2) is 4.21 Å². The van der Waals surface area contributed by atoms with Crippen molar-refractivity contribution in [3.63, 3.8) is 0 Å². The van der Waals surface area contributed by atoms with Crippen LogP contribution < -0.4 is 4.72 Å². The molecule has 0 saturated heterocycles. The van der Waals surface area contributed by atoms with Crippen LogP contribution in [-0.2, 0) is 11.3 Å². The molecule has 1 unspecified atom stereocenters. The molecular weight excluding hydrogens is 250 g/mol. The predicted octanol–water partition coefficient (Wildman–Crippen LogP) is 2.47. The van der Waals surface area contributed by atoms with Gasteiger partial charge in [0.2, 0.25) is 0 Å². The maximum atomic E-state index is 12.1. The smallest absolute Gasteiger partial charge is 0.259 e. The van der Waals surface area contributed by atoms with Crippen LogP contribution in [0.25, 0.3) is 0 Å². The van der Waals surface area contributed by atoms with E-state index in [1.54, 1.807) is 48.5 Å². The second kappa shape index (κ2) is 5.57. The molecule has 0 aliphatic rings. The lowest BCUT2D eigenvalue weighted by Gasteiger charge is -2.04. The Kier molecular flexibility index (Phi) is 3.86. The summed E-state index contributed by atoms with van der Waals surface area (Å²) in [7, 11) is 0. The summed E-state index contributed by atoms with van der Waals surface area (Å²) in [5, 5.41) is 0. The van der Waals surface area contributed by atoms with Crippen LogP contribution >= 0.6 is 0 Å². The van der Waals surface area contributed by atoms with Crippen molar-refractivity contribution in [1.82, 2.24) is 0 Å². The minimum atomic E-state index is -2.14. The van der Waals surface area contributed by atoms with Crippen molar-refractivity contribution in [3.8, 4) is 0 Å². The largest absolute Gasteiger partial charge is 0.289 e. The van der Waals surface area contributed by atoms with Gasteiger partial charge < -0.3 is 0 Å². The summed E-state index contributed by atoms with van der Waals surface area (Å²) in [4.78, 5) is 12.1. The zero-order valence-electron chi connectivity index (χ0n) is 9.37. The van der Waals surface area contributed by atoms with E-state index in [9.17, 15) is 9.00 Å². The lowest BCUT2D eigenvalue weighted by atomic mass is 10.0. The molecule has 2 N–H and O–H groups in total. The number of ketones is 1. The fourth-order valence-electron chi connectivity index (χ4n) is 1.58. The number of benzene rings is 2. The molecular formula is C13H11NO3S. The Morgan fingerprint density at radius 1 is 1.00 bits per heavy atom. The Bertz CT molecular complexity index is 584. The molecule has 1 atom stereocenters. The summed E-state index contributed by atoms with van der Waals surface area (Å²) in [6.45, 7) is 0. The van der Waals surface area contributed by atoms with Gasteiger partial charge >= 0.3 is 0 Å². The molecule has 0 spiro atoms. The van der Waals surface area contributed by atoms with Gasteiger partial charge in [-0.2, -0.15) is 0 Å². The van der Waals surface area contributed by atoms with E-state index in [-0.39, 0.29) is 5.78 Å². The quantitative estimate of drug-likeness (QED) is 0.656. The average molecular weight is 261 g/mol. The van der Waals surface area contributed by atoms with Gasteiger partial charge in [0, 0.05) is 16.8 Å². The van der Waals surface area contributed by atoms with Crippen LogP contribution in [0.3, 0.4) is 0 Å². The maximum Gasteiger partial charge on any atom is 0.259 e. The highest BCUT2D eigenvalue weighted by Gasteiger charge is 2.09. The van der Waals surface area contributed by atoms with E-state index in [1.165, 1.54) is 0 Å². The summed E-state index contributed by atoms with van der Waals surface area (Å²) >= 11 is -2.14. The summed E-state index contributed by atoms with van der Waals surface area (Å²) in [6, 6.07) is 15.4. The van der Waals surface area contributed by atoms with Crippen LogP contribution in [0.15, 0.2) is 54.6 Å². The Labute approximate surface area is 107 Å². The van der Waals surface area contributed by atoms with Gasteiger partial charge in [-0.3, -0.25) is 14.1 Å². The molecule has 0 radical (unpaired) electrons. The first kappa shape index (κ1) is 12.5. The third kappa shape index (κ3) is 3.03. The van der Waals surface area contributed by atoms with Crippen molar-refractivity contribution in [2.24, 2.45) is 0 Å². The monoisotopic (exact) mass is 261 g/mol. The first-order valence-electron chi connectivity index (χ1n) is 5.24.